The largest absolute Gasteiger partial charge is 0.255 e. The van der Waals surface area contributed by atoms with Crippen LogP contribution in [-0.2, 0) is 10.8 Å². The summed E-state index contributed by atoms with van der Waals surface area (Å²) in [4.78, 5) is 8.78. The molecule has 0 bridgehead atoms. The minimum absolute atomic E-state index is 0.808. The van der Waals surface area contributed by atoms with E-state index in [9.17, 15) is 4.21 Å². The molecule has 0 saturated carbocycles. The smallest absolute Gasteiger partial charge is 0.116 e. The minimum atomic E-state index is -0.941. The Balaban J connectivity index is 2.69. The molecule has 0 aliphatic carbocycles. The van der Waals surface area contributed by atoms with Crippen molar-refractivity contribution in [3.63, 3.8) is 0 Å². The number of rotatable bonds is 1. The van der Waals surface area contributed by atoms with Crippen molar-refractivity contribution in [3.05, 3.63) is 30.7 Å². The highest BCUT2D eigenvalue weighted by atomic mass is 32.2. The molecular weight excluding hydrogens is 184 g/mol. The SMILES string of the molecule is CS(=O)c1ccc2ncncc2c1. The summed E-state index contributed by atoms with van der Waals surface area (Å²) in [6.07, 6.45) is 4.88. The highest BCUT2D eigenvalue weighted by Crippen LogP contribution is 2.13. The van der Waals surface area contributed by atoms with Crippen LogP contribution in [0, 0.1) is 0 Å². The maximum absolute atomic E-state index is 11.2. The molecule has 1 aromatic carbocycles. The number of hydrogen-bond acceptors (Lipinski definition) is 3. The van der Waals surface area contributed by atoms with E-state index in [2.05, 4.69) is 9.97 Å². The lowest BCUT2D eigenvalue weighted by atomic mass is 10.2. The maximum Gasteiger partial charge on any atom is 0.116 e. The predicted molar refractivity (Wildman–Crippen MR) is 51.9 cm³/mol. The lowest BCUT2D eigenvalue weighted by Gasteiger charge is -1.98. The molecule has 4 heteroatoms. The number of benzene rings is 1. The Labute approximate surface area is 78.3 Å². The third-order valence-electron chi connectivity index (χ3n) is 1.81. The standard InChI is InChI=1S/C9H8N2OS/c1-13(12)8-2-3-9-7(4-8)5-10-6-11-9/h2-6H,1H3. The predicted octanol–water partition coefficient (Wildman–Crippen LogP) is 1.37. The topological polar surface area (TPSA) is 42.9 Å². The second-order valence-electron chi connectivity index (χ2n) is 2.70. The average molecular weight is 192 g/mol. The molecule has 1 heterocycles. The van der Waals surface area contributed by atoms with Crippen molar-refractivity contribution >= 4 is 21.7 Å². The van der Waals surface area contributed by atoms with Crippen molar-refractivity contribution in [1.82, 2.24) is 9.97 Å². The number of nitrogens with zero attached hydrogens (tertiary/aromatic N) is 2. The summed E-state index contributed by atoms with van der Waals surface area (Å²) in [5, 5.41) is 0.926. The molecule has 0 spiro atoms. The van der Waals surface area contributed by atoms with Crippen LogP contribution in [-0.4, -0.2) is 20.4 Å². The third-order valence-corrected chi connectivity index (χ3v) is 2.73. The fraction of sp³-hybridized carbons (Fsp3) is 0.111. The Morgan fingerprint density at radius 2 is 2.23 bits per heavy atom. The van der Waals surface area contributed by atoms with E-state index in [4.69, 9.17) is 0 Å². The molecule has 1 aromatic heterocycles. The van der Waals surface area contributed by atoms with Gasteiger partial charge in [0.25, 0.3) is 0 Å². The molecule has 1 atom stereocenters. The van der Waals surface area contributed by atoms with Gasteiger partial charge in [-0.2, -0.15) is 0 Å². The molecule has 0 aliphatic heterocycles. The van der Waals surface area contributed by atoms with E-state index in [1.54, 1.807) is 12.5 Å². The first-order chi connectivity index (χ1) is 6.27. The van der Waals surface area contributed by atoms with Crippen molar-refractivity contribution < 1.29 is 4.21 Å². The van der Waals surface area contributed by atoms with Gasteiger partial charge in [0.05, 0.1) is 5.52 Å². The second-order valence-corrected chi connectivity index (χ2v) is 4.08. The Bertz CT molecular complexity index is 470. The van der Waals surface area contributed by atoms with Gasteiger partial charge < -0.3 is 0 Å². The summed E-state index contributed by atoms with van der Waals surface area (Å²) in [7, 11) is -0.941. The van der Waals surface area contributed by atoms with E-state index in [0.29, 0.717) is 0 Å². The Morgan fingerprint density at radius 1 is 1.38 bits per heavy atom. The van der Waals surface area contributed by atoms with Crippen LogP contribution in [0.25, 0.3) is 10.9 Å². The molecule has 13 heavy (non-hydrogen) atoms. The van der Waals surface area contributed by atoms with E-state index in [0.717, 1.165) is 15.8 Å². The zero-order valence-corrected chi connectivity index (χ0v) is 7.91. The summed E-state index contributed by atoms with van der Waals surface area (Å²) in [6, 6.07) is 5.53. The fourth-order valence-corrected chi connectivity index (χ4v) is 1.69. The average Bonchev–Trinajstić information content (AvgIpc) is 2.17. The Hall–Kier alpha value is -1.29. The maximum atomic E-state index is 11.2. The van der Waals surface area contributed by atoms with E-state index in [1.165, 1.54) is 6.33 Å². The van der Waals surface area contributed by atoms with Crippen molar-refractivity contribution in [2.75, 3.05) is 6.26 Å². The first kappa shape index (κ1) is 8.31. The summed E-state index contributed by atoms with van der Waals surface area (Å²) in [5.74, 6) is 0. The first-order valence-corrected chi connectivity index (χ1v) is 5.36. The van der Waals surface area contributed by atoms with Crippen LogP contribution in [0.15, 0.2) is 35.6 Å². The molecule has 0 N–H and O–H groups in total. The molecule has 0 saturated heterocycles. The van der Waals surface area contributed by atoms with Crippen molar-refractivity contribution in [2.24, 2.45) is 0 Å². The lowest BCUT2D eigenvalue weighted by molar-refractivity contribution is 0.687. The van der Waals surface area contributed by atoms with Gasteiger partial charge in [0.1, 0.15) is 6.33 Å². The molecule has 0 radical (unpaired) electrons. The number of hydrogen-bond donors (Lipinski definition) is 0. The third kappa shape index (κ3) is 1.58. The van der Waals surface area contributed by atoms with E-state index in [1.807, 2.05) is 18.2 Å². The van der Waals surface area contributed by atoms with E-state index >= 15 is 0 Å². The van der Waals surface area contributed by atoms with Gasteiger partial charge in [-0.3, -0.25) is 4.21 Å². The van der Waals surface area contributed by atoms with E-state index in [-0.39, 0.29) is 0 Å². The zero-order chi connectivity index (χ0) is 9.26. The highest BCUT2D eigenvalue weighted by molar-refractivity contribution is 7.84. The molecule has 0 amide bonds. The molecule has 0 fully saturated rings. The molecule has 3 nitrogen and oxygen atoms in total. The molecule has 0 aliphatic rings. The van der Waals surface area contributed by atoms with Crippen LogP contribution in [0.5, 0.6) is 0 Å². The monoisotopic (exact) mass is 192 g/mol. The van der Waals surface area contributed by atoms with Crippen LogP contribution in [0.4, 0.5) is 0 Å². The van der Waals surface area contributed by atoms with Gasteiger partial charge in [-0.25, -0.2) is 9.97 Å². The zero-order valence-electron chi connectivity index (χ0n) is 7.10. The van der Waals surface area contributed by atoms with Gasteiger partial charge in [-0.05, 0) is 18.2 Å². The Kier molecular flexibility index (Phi) is 2.06. The van der Waals surface area contributed by atoms with E-state index < -0.39 is 10.8 Å². The van der Waals surface area contributed by atoms with Gasteiger partial charge in [0.2, 0.25) is 0 Å². The van der Waals surface area contributed by atoms with Gasteiger partial charge in [0, 0.05) is 33.5 Å². The number of aromatic nitrogens is 2. The Morgan fingerprint density at radius 3 is 3.00 bits per heavy atom. The van der Waals surface area contributed by atoms with Gasteiger partial charge in [-0.1, -0.05) is 0 Å². The van der Waals surface area contributed by atoms with Crippen LogP contribution in [0.1, 0.15) is 0 Å². The van der Waals surface area contributed by atoms with Crippen molar-refractivity contribution in [2.45, 2.75) is 4.90 Å². The lowest BCUT2D eigenvalue weighted by Crippen LogP contribution is -1.88. The second kappa shape index (κ2) is 3.22. The quantitative estimate of drug-likeness (QED) is 0.685. The summed E-state index contributed by atoms with van der Waals surface area (Å²) in [5.41, 5.74) is 0.879. The minimum Gasteiger partial charge on any atom is -0.255 e. The highest BCUT2D eigenvalue weighted by Gasteiger charge is 1.99. The van der Waals surface area contributed by atoms with Gasteiger partial charge >= 0.3 is 0 Å². The summed E-state index contributed by atoms with van der Waals surface area (Å²) < 4.78 is 11.2. The van der Waals surface area contributed by atoms with Gasteiger partial charge in [0.15, 0.2) is 0 Å². The van der Waals surface area contributed by atoms with Crippen molar-refractivity contribution in [3.8, 4) is 0 Å². The molecular formula is C9H8N2OS. The molecule has 66 valence electrons. The van der Waals surface area contributed by atoms with Gasteiger partial charge in [-0.15, -0.1) is 0 Å². The van der Waals surface area contributed by atoms with Crippen LogP contribution < -0.4 is 0 Å². The summed E-state index contributed by atoms with van der Waals surface area (Å²) >= 11 is 0. The van der Waals surface area contributed by atoms with Crippen LogP contribution in [0.2, 0.25) is 0 Å². The number of fused-ring (bicyclic) bond motifs is 1. The van der Waals surface area contributed by atoms with Crippen LogP contribution >= 0.6 is 0 Å². The molecule has 2 rings (SSSR count). The summed E-state index contributed by atoms with van der Waals surface area (Å²) in [6.45, 7) is 0. The van der Waals surface area contributed by atoms with Crippen molar-refractivity contribution in [1.29, 1.82) is 0 Å². The first-order valence-electron chi connectivity index (χ1n) is 3.80. The molecule has 1 unspecified atom stereocenters. The van der Waals surface area contributed by atoms with Crippen LogP contribution in [0.3, 0.4) is 0 Å². The fourth-order valence-electron chi connectivity index (χ4n) is 1.14. The normalized spacial score (nSPS) is 13.0. The molecule has 2 aromatic rings.